The molecule has 0 N–H and O–H groups in total. The highest BCUT2D eigenvalue weighted by Crippen LogP contribution is 2.33. The van der Waals surface area contributed by atoms with Crippen molar-refractivity contribution in [3.63, 3.8) is 0 Å². The number of carbonyl (C=O) groups excluding carboxylic acids is 2. The lowest BCUT2D eigenvalue weighted by atomic mass is 10.0. The van der Waals surface area contributed by atoms with Crippen molar-refractivity contribution in [2.75, 3.05) is 44.2 Å². The maximum atomic E-state index is 13.3. The van der Waals surface area contributed by atoms with Gasteiger partial charge >= 0.3 is 0 Å². The first-order valence-electron chi connectivity index (χ1n) is 11.0. The van der Waals surface area contributed by atoms with Gasteiger partial charge in [-0.3, -0.25) is 14.5 Å². The van der Waals surface area contributed by atoms with E-state index >= 15 is 0 Å². The molecule has 2 aromatic carbocycles. The molecule has 0 radical (unpaired) electrons. The monoisotopic (exact) mass is 431 g/mol. The summed E-state index contributed by atoms with van der Waals surface area (Å²) in [7, 11) is 0. The van der Waals surface area contributed by atoms with E-state index in [2.05, 4.69) is 47.6 Å². The topological polar surface area (TPSA) is 53.1 Å². The summed E-state index contributed by atoms with van der Waals surface area (Å²) in [5.74, 6) is 0.225. The molecule has 1 fully saturated rings. The van der Waals surface area contributed by atoms with Crippen LogP contribution in [0.2, 0.25) is 0 Å². The minimum atomic E-state index is -0.268. The van der Waals surface area contributed by atoms with Gasteiger partial charge in [-0.15, -0.1) is 6.58 Å². The van der Waals surface area contributed by atoms with Crippen LogP contribution >= 0.6 is 0 Å². The van der Waals surface area contributed by atoms with Crippen molar-refractivity contribution in [1.29, 1.82) is 0 Å². The average Bonchev–Trinajstić information content (AvgIpc) is 3.05. The number of amides is 2. The SMILES string of the molecule is C=CCN1C(=O)C(c2ccc(OCC)cc2)=C(N2CCN(c3cccc(C)c3)CC2)C1=O. The van der Waals surface area contributed by atoms with E-state index in [1.807, 2.05) is 31.2 Å². The van der Waals surface area contributed by atoms with Gasteiger partial charge in [-0.1, -0.05) is 30.3 Å². The highest BCUT2D eigenvalue weighted by atomic mass is 16.5. The van der Waals surface area contributed by atoms with E-state index in [0.717, 1.165) is 24.4 Å². The summed E-state index contributed by atoms with van der Waals surface area (Å²) in [6.45, 7) is 11.4. The van der Waals surface area contributed by atoms with E-state index in [9.17, 15) is 9.59 Å². The summed E-state index contributed by atoms with van der Waals surface area (Å²) in [6.07, 6.45) is 1.59. The molecule has 0 bridgehead atoms. The lowest BCUT2D eigenvalue weighted by Crippen LogP contribution is -2.47. The van der Waals surface area contributed by atoms with Crippen molar-refractivity contribution in [3.8, 4) is 5.75 Å². The Morgan fingerprint density at radius 1 is 0.969 bits per heavy atom. The third-order valence-electron chi connectivity index (χ3n) is 5.87. The largest absolute Gasteiger partial charge is 0.494 e. The van der Waals surface area contributed by atoms with Crippen LogP contribution < -0.4 is 9.64 Å². The molecule has 0 spiro atoms. The molecular formula is C26H29N3O3. The van der Waals surface area contributed by atoms with Crippen LogP contribution in [0, 0.1) is 6.92 Å². The van der Waals surface area contributed by atoms with Crippen molar-refractivity contribution in [2.24, 2.45) is 0 Å². The standard InChI is InChI=1S/C26H29N3O3/c1-4-13-29-25(30)23(20-9-11-22(12-10-20)32-5-2)24(26(29)31)28-16-14-27(15-17-28)21-8-6-7-19(3)18-21/h4,6-12,18H,1,5,13-17H2,2-3H3. The number of anilines is 1. The summed E-state index contributed by atoms with van der Waals surface area (Å²) >= 11 is 0. The fraction of sp³-hybridized carbons (Fsp3) is 0.308. The Labute approximate surface area is 189 Å². The van der Waals surface area contributed by atoms with Crippen LogP contribution in [0.3, 0.4) is 0 Å². The van der Waals surface area contributed by atoms with Gasteiger partial charge in [0.25, 0.3) is 11.8 Å². The molecule has 2 heterocycles. The Balaban J connectivity index is 1.62. The number of ether oxygens (including phenoxy) is 1. The molecule has 32 heavy (non-hydrogen) atoms. The molecule has 2 amide bonds. The number of benzene rings is 2. The fourth-order valence-electron chi connectivity index (χ4n) is 4.31. The van der Waals surface area contributed by atoms with E-state index < -0.39 is 0 Å². The number of aryl methyl sites for hydroxylation is 1. The number of carbonyl (C=O) groups is 2. The summed E-state index contributed by atoms with van der Waals surface area (Å²) in [6, 6.07) is 15.8. The third-order valence-corrected chi connectivity index (χ3v) is 5.87. The molecule has 6 nitrogen and oxygen atoms in total. The highest BCUT2D eigenvalue weighted by Gasteiger charge is 2.41. The predicted molar refractivity (Wildman–Crippen MR) is 126 cm³/mol. The second-order valence-corrected chi connectivity index (χ2v) is 8.00. The van der Waals surface area contributed by atoms with Crippen molar-refractivity contribution in [3.05, 3.63) is 78.0 Å². The molecule has 1 saturated heterocycles. The first-order chi connectivity index (χ1) is 15.5. The van der Waals surface area contributed by atoms with Crippen molar-refractivity contribution in [1.82, 2.24) is 9.80 Å². The fourth-order valence-corrected chi connectivity index (χ4v) is 4.31. The number of rotatable bonds is 7. The zero-order valence-corrected chi connectivity index (χ0v) is 18.7. The minimum Gasteiger partial charge on any atom is -0.494 e. The van der Waals surface area contributed by atoms with Crippen LogP contribution in [-0.4, -0.2) is 60.9 Å². The normalized spacial score (nSPS) is 16.8. The van der Waals surface area contributed by atoms with Gasteiger partial charge in [-0.25, -0.2) is 0 Å². The van der Waals surface area contributed by atoms with Gasteiger partial charge in [-0.05, 0) is 49.2 Å². The van der Waals surface area contributed by atoms with E-state index in [0.29, 0.717) is 31.0 Å². The van der Waals surface area contributed by atoms with E-state index in [1.54, 1.807) is 6.08 Å². The van der Waals surface area contributed by atoms with Gasteiger partial charge < -0.3 is 14.5 Å². The van der Waals surface area contributed by atoms with E-state index in [1.165, 1.54) is 16.2 Å². The van der Waals surface area contributed by atoms with Gasteiger partial charge in [0.2, 0.25) is 0 Å². The number of hydrogen-bond acceptors (Lipinski definition) is 5. The lowest BCUT2D eigenvalue weighted by Gasteiger charge is -2.37. The predicted octanol–water partition coefficient (Wildman–Crippen LogP) is 3.48. The molecule has 0 aromatic heterocycles. The second-order valence-electron chi connectivity index (χ2n) is 8.00. The third kappa shape index (κ3) is 4.13. The van der Waals surface area contributed by atoms with Gasteiger partial charge in [0, 0.05) is 38.4 Å². The molecule has 2 aliphatic heterocycles. The van der Waals surface area contributed by atoms with Gasteiger partial charge in [-0.2, -0.15) is 0 Å². The van der Waals surface area contributed by atoms with Gasteiger partial charge in [0.05, 0.1) is 12.2 Å². The Kier molecular flexibility index (Phi) is 6.30. The van der Waals surface area contributed by atoms with Crippen LogP contribution in [-0.2, 0) is 9.59 Å². The van der Waals surface area contributed by atoms with Crippen molar-refractivity contribution in [2.45, 2.75) is 13.8 Å². The number of nitrogens with zero attached hydrogens (tertiary/aromatic N) is 3. The second kappa shape index (κ2) is 9.30. The minimum absolute atomic E-state index is 0.199. The molecule has 4 rings (SSSR count). The number of hydrogen-bond donors (Lipinski definition) is 0. The molecule has 166 valence electrons. The van der Waals surface area contributed by atoms with Crippen LogP contribution in [0.1, 0.15) is 18.1 Å². The zero-order chi connectivity index (χ0) is 22.7. The lowest BCUT2D eigenvalue weighted by molar-refractivity contribution is -0.136. The molecule has 2 aromatic rings. The van der Waals surface area contributed by atoms with Crippen LogP contribution in [0.4, 0.5) is 5.69 Å². The first-order valence-corrected chi connectivity index (χ1v) is 11.0. The quantitative estimate of drug-likeness (QED) is 0.496. The molecular weight excluding hydrogens is 402 g/mol. The molecule has 0 atom stereocenters. The van der Waals surface area contributed by atoms with Gasteiger partial charge in [0.1, 0.15) is 11.4 Å². The van der Waals surface area contributed by atoms with Crippen LogP contribution in [0.15, 0.2) is 66.9 Å². The highest BCUT2D eigenvalue weighted by molar-refractivity contribution is 6.35. The summed E-state index contributed by atoms with van der Waals surface area (Å²) in [4.78, 5) is 32.2. The van der Waals surface area contributed by atoms with Crippen molar-refractivity contribution < 1.29 is 14.3 Å². The first kappa shape index (κ1) is 21.7. The van der Waals surface area contributed by atoms with Crippen LogP contribution in [0.25, 0.3) is 5.57 Å². The number of imide groups is 1. The summed E-state index contributed by atoms with van der Waals surface area (Å²) in [5.41, 5.74) is 4.10. The Hall–Kier alpha value is -3.54. The molecule has 0 aliphatic carbocycles. The van der Waals surface area contributed by atoms with Crippen LogP contribution in [0.5, 0.6) is 5.75 Å². The van der Waals surface area contributed by atoms with Gasteiger partial charge in [0.15, 0.2) is 0 Å². The molecule has 2 aliphatic rings. The Morgan fingerprint density at radius 3 is 2.28 bits per heavy atom. The maximum Gasteiger partial charge on any atom is 0.278 e. The maximum absolute atomic E-state index is 13.3. The Bertz CT molecular complexity index is 1050. The number of piperazine rings is 1. The zero-order valence-electron chi connectivity index (χ0n) is 18.7. The van der Waals surface area contributed by atoms with E-state index in [-0.39, 0.29) is 18.4 Å². The summed E-state index contributed by atoms with van der Waals surface area (Å²) < 4.78 is 5.53. The van der Waals surface area contributed by atoms with E-state index in [4.69, 9.17) is 4.74 Å². The molecule has 0 unspecified atom stereocenters. The van der Waals surface area contributed by atoms with Crippen molar-refractivity contribution >= 4 is 23.1 Å². The Morgan fingerprint density at radius 2 is 1.66 bits per heavy atom. The molecule has 0 saturated carbocycles. The average molecular weight is 432 g/mol. The summed E-state index contributed by atoms with van der Waals surface area (Å²) in [5, 5.41) is 0. The smallest absolute Gasteiger partial charge is 0.278 e. The molecule has 6 heteroatoms.